The third kappa shape index (κ3) is 3.43. The predicted octanol–water partition coefficient (Wildman–Crippen LogP) is 0.447. The molecule has 0 aliphatic rings. The lowest BCUT2D eigenvalue weighted by atomic mass is 10.3. The van der Waals surface area contributed by atoms with Crippen LogP contribution in [0.5, 0.6) is 5.75 Å². The van der Waals surface area contributed by atoms with Gasteiger partial charge in [0.2, 0.25) is 10.0 Å². The smallest absolute Gasteiger partial charge is 0.321 e. The number of carboxylic acids is 1. The van der Waals surface area contributed by atoms with Gasteiger partial charge in [-0.25, -0.2) is 8.42 Å². The van der Waals surface area contributed by atoms with Gasteiger partial charge >= 0.3 is 5.97 Å². The van der Waals surface area contributed by atoms with Crippen LogP contribution in [-0.4, -0.2) is 32.6 Å². The molecule has 0 aliphatic heterocycles. The maximum Gasteiger partial charge on any atom is 0.321 e. The molecule has 0 aliphatic carbocycles. The van der Waals surface area contributed by atoms with E-state index >= 15 is 0 Å². The molecule has 0 saturated carbocycles. The van der Waals surface area contributed by atoms with Crippen molar-refractivity contribution in [2.24, 2.45) is 0 Å². The van der Waals surface area contributed by atoms with Gasteiger partial charge in [-0.1, -0.05) is 6.07 Å². The van der Waals surface area contributed by atoms with E-state index in [2.05, 4.69) is 0 Å². The zero-order chi connectivity index (χ0) is 13.1. The summed E-state index contributed by atoms with van der Waals surface area (Å²) in [6.07, 6.45) is 0. The van der Waals surface area contributed by atoms with Gasteiger partial charge in [-0.2, -0.15) is 4.72 Å². The van der Waals surface area contributed by atoms with Crippen LogP contribution in [0.3, 0.4) is 0 Å². The Hall–Kier alpha value is -1.60. The zero-order valence-corrected chi connectivity index (χ0v) is 10.2. The monoisotopic (exact) mass is 259 g/mol. The van der Waals surface area contributed by atoms with Crippen molar-refractivity contribution in [1.29, 1.82) is 0 Å². The first-order valence-corrected chi connectivity index (χ1v) is 6.24. The second-order valence-corrected chi connectivity index (χ2v) is 5.07. The fraction of sp³-hybridized carbons (Fsp3) is 0.300. The van der Waals surface area contributed by atoms with Crippen LogP contribution in [0.1, 0.15) is 6.92 Å². The molecule has 17 heavy (non-hydrogen) atoms. The maximum atomic E-state index is 11.8. The van der Waals surface area contributed by atoms with Gasteiger partial charge in [0.05, 0.1) is 12.0 Å². The largest absolute Gasteiger partial charge is 0.497 e. The third-order valence-corrected chi connectivity index (χ3v) is 3.59. The summed E-state index contributed by atoms with van der Waals surface area (Å²) in [6, 6.07) is 4.60. The summed E-state index contributed by atoms with van der Waals surface area (Å²) in [7, 11) is -2.43. The van der Waals surface area contributed by atoms with Crippen LogP contribution in [0, 0.1) is 0 Å². The summed E-state index contributed by atoms with van der Waals surface area (Å²) in [6.45, 7) is 1.25. The molecule has 0 fully saturated rings. The van der Waals surface area contributed by atoms with Crippen LogP contribution in [-0.2, 0) is 14.8 Å². The molecule has 0 radical (unpaired) electrons. The van der Waals surface area contributed by atoms with E-state index in [0.29, 0.717) is 5.75 Å². The Balaban J connectivity index is 3.01. The van der Waals surface area contributed by atoms with Gasteiger partial charge < -0.3 is 9.84 Å². The van der Waals surface area contributed by atoms with Crippen molar-refractivity contribution in [3.8, 4) is 5.75 Å². The average Bonchev–Trinajstić information content (AvgIpc) is 2.28. The SMILES string of the molecule is COc1cccc(S(=O)(=O)NC(C)C(=O)O)c1. The van der Waals surface area contributed by atoms with Crippen molar-refractivity contribution in [1.82, 2.24) is 4.72 Å². The van der Waals surface area contributed by atoms with Crippen LogP contribution >= 0.6 is 0 Å². The molecular formula is C10H13NO5S. The van der Waals surface area contributed by atoms with E-state index in [1.165, 1.54) is 32.2 Å². The number of aliphatic carboxylic acids is 1. The molecule has 0 aromatic heterocycles. The fourth-order valence-electron chi connectivity index (χ4n) is 1.12. The van der Waals surface area contributed by atoms with Gasteiger partial charge in [-0.15, -0.1) is 0 Å². The molecule has 0 amide bonds. The number of hydrogen-bond donors (Lipinski definition) is 2. The van der Waals surface area contributed by atoms with Gasteiger partial charge in [0, 0.05) is 6.07 Å². The first kappa shape index (κ1) is 13.5. The quantitative estimate of drug-likeness (QED) is 0.800. The van der Waals surface area contributed by atoms with E-state index in [1.54, 1.807) is 6.07 Å². The Bertz CT molecular complexity index is 511. The maximum absolute atomic E-state index is 11.8. The summed E-state index contributed by atoms with van der Waals surface area (Å²) in [5.41, 5.74) is 0. The van der Waals surface area contributed by atoms with Crippen LogP contribution in [0.25, 0.3) is 0 Å². The molecule has 1 aromatic rings. The number of hydrogen-bond acceptors (Lipinski definition) is 4. The second kappa shape index (κ2) is 5.15. The molecule has 1 rings (SSSR count). The predicted molar refractivity (Wildman–Crippen MR) is 60.4 cm³/mol. The average molecular weight is 259 g/mol. The summed E-state index contributed by atoms with van der Waals surface area (Å²) < 4.78 is 30.5. The zero-order valence-electron chi connectivity index (χ0n) is 9.38. The fourth-order valence-corrected chi connectivity index (χ4v) is 2.35. The minimum absolute atomic E-state index is 0.0371. The van der Waals surface area contributed by atoms with Gasteiger partial charge in [0.15, 0.2) is 0 Å². The molecule has 94 valence electrons. The van der Waals surface area contributed by atoms with Gasteiger partial charge in [0.1, 0.15) is 11.8 Å². The number of ether oxygens (including phenoxy) is 1. The molecule has 0 bridgehead atoms. The number of sulfonamides is 1. The van der Waals surface area contributed by atoms with Crippen LogP contribution in [0.15, 0.2) is 29.2 Å². The molecule has 1 atom stereocenters. The number of benzene rings is 1. The van der Waals surface area contributed by atoms with Crippen molar-refractivity contribution in [3.05, 3.63) is 24.3 Å². The Morgan fingerprint density at radius 1 is 1.47 bits per heavy atom. The van der Waals surface area contributed by atoms with E-state index in [4.69, 9.17) is 9.84 Å². The number of carboxylic acid groups (broad SMARTS) is 1. The molecule has 1 unspecified atom stereocenters. The van der Waals surface area contributed by atoms with Crippen molar-refractivity contribution in [2.45, 2.75) is 17.9 Å². The Labute approximate surface area is 99.3 Å². The summed E-state index contributed by atoms with van der Waals surface area (Å²) in [4.78, 5) is 10.5. The lowest BCUT2D eigenvalue weighted by molar-refractivity contribution is -0.138. The molecule has 0 spiro atoms. The highest BCUT2D eigenvalue weighted by Crippen LogP contribution is 2.17. The highest BCUT2D eigenvalue weighted by atomic mass is 32.2. The highest BCUT2D eigenvalue weighted by Gasteiger charge is 2.21. The number of carbonyl (C=O) groups is 1. The Kier molecular flexibility index (Phi) is 4.08. The molecule has 7 heteroatoms. The van der Waals surface area contributed by atoms with Gasteiger partial charge in [0.25, 0.3) is 0 Å². The van der Waals surface area contributed by atoms with Crippen LogP contribution < -0.4 is 9.46 Å². The molecular weight excluding hydrogens is 246 g/mol. The first-order chi connectivity index (χ1) is 7.86. The van der Waals surface area contributed by atoms with Crippen molar-refractivity contribution < 1.29 is 23.1 Å². The lowest BCUT2D eigenvalue weighted by Gasteiger charge is -2.10. The van der Waals surface area contributed by atoms with E-state index in [1.807, 2.05) is 4.72 Å². The third-order valence-electron chi connectivity index (χ3n) is 2.05. The number of nitrogens with one attached hydrogen (secondary N) is 1. The summed E-state index contributed by atoms with van der Waals surface area (Å²) >= 11 is 0. The summed E-state index contributed by atoms with van der Waals surface area (Å²) in [5.74, 6) is -0.854. The van der Waals surface area contributed by atoms with Crippen LogP contribution in [0.4, 0.5) is 0 Å². The Morgan fingerprint density at radius 2 is 2.12 bits per heavy atom. The molecule has 0 saturated heterocycles. The standard InChI is InChI=1S/C10H13NO5S/c1-7(10(12)13)11-17(14,15)9-5-3-4-8(6-9)16-2/h3-7,11H,1-2H3,(H,12,13). The Morgan fingerprint density at radius 3 is 2.65 bits per heavy atom. The topological polar surface area (TPSA) is 92.7 Å². The summed E-state index contributed by atoms with van der Waals surface area (Å²) in [5, 5.41) is 8.64. The van der Waals surface area contributed by atoms with Gasteiger partial charge in [-0.05, 0) is 19.1 Å². The van der Waals surface area contributed by atoms with Crippen molar-refractivity contribution >= 4 is 16.0 Å². The van der Waals surface area contributed by atoms with Crippen molar-refractivity contribution in [2.75, 3.05) is 7.11 Å². The number of rotatable bonds is 5. The van der Waals surface area contributed by atoms with Crippen molar-refractivity contribution in [3.63, 3.8) is 0 Å². The van der Waals surface area contributed by atoms with Gasteiger partial charge in [-0.3, -0.25) is 4.79 Å². The van der Waals surface area contributed by atoms with Crippen LogP contribution in [0.2, 0.25) is 0 Å². The minimum atomic E-state index is -3.85. The van der Waals surface area contributed by atoms with E-state index in [9.17, 15) is 13.2 Å². The molecule has 1 aromatic carbocycles. The first-order valence-electron chi connectivity index (χ1n) is 4.76. The van der Waals surface area contributed by atoms with E-state index < -0.39 is 22.0 Å². The molecule has 6 nitrogen and oxygen atoms in total. The highest BCUT2D eigenvalue weighted by molar-refractivity contribution is 7.89. The normalized spacial score (nSPS) is 13.1. The van der Waals surface area contributed by atoms with E-state index in [-0.39, 0.29) is 4.90 Å². The minimum Gasteiger partial charge on any atom is -0.497 e. The number of methoxy groups -OCH3 is 1. The van der Waals surface area contributed by atoms with E-state index in [0.717, 1.165) is 0 Å². The molecule has 2 N–H and O–H groups in total. The second-order valence-electron chi connectivity index (χ2n) is 3.36. The lowest BCUT2D eigenvalue weighted by Crippen LogP contribution is -2.38. The molecule has 0 heterocycles.